The van der Waals surface area contributed by atoms with Crippen LogP contribution in [-0.2, 0) is 0 Å². The molecule has 156 valence electrons. The fourth-order valence-electron chi connectivity index (χ4n) is 3.19. The van der Waals surface area contributed by atoms with E-state index in [2.05, 4.69) is 5.32 Å². The van der Waals surface area contributed by atoms with Gasteiger partial charge in [0.05, 0.1) is 17.2 Å². The summed E-state index contributed by atoms with van der Waals surface area (Å²) in [6.45, 7) is 2.66. The number of para-hydroxylation sites is 1. The lowest BCUT2D eigenvalue weighted by Gasteiger charge is -2.10. The van der Waals surface area contributed by atoms with Crippen LogP contribution in [0.5, 0.6) is 5.75 Å². The molecule has 1 N–H and O–H groups in total. The number of amides is 1. The third-order valence-electron chi connectivity index (χ3n) is 4.75. The molecule has 1 amide bonds. The van der Waals surface area contributed by atoms with E-state index in [-0.39, 0.29) is 5.91 Å². The lowest BCUT2D eigenvalue weighted by molar-refractivity contribution is 0.102. The standard InChI is InChI=1S/C25H20ClNO4/c1-2-13-30-19-10-7-16(8-11-19)24(28)27-18-9-12-20(22(26)15-18)21-14-17-5-3-4-6-23(17)31-25(21)29/h3-12,14-15H,2,13H2,1H3,(H,27,28). The van der Waals surface area contributed by atoms with Crippen molar-refractivity contribution in [2.45, 2.75) is 13.3 Å². The number of halogens is 1. The van der Waals surface area contributed by atoms with E-state index in [9.17, 15) is 9.59 Å². The van der Waals surface area contributed by atoms with E-state index in [0.29, 0.717) is 39.6 Å². The first-order valence-electron chi connectivity index (χ1n) is 9.92. The zero-order valence-corrected chi connectivity index (χ0v) is 17.6. The van der Waals surface area contributed by atoms with Crippen molar-refractivity contribution in [2.75, 3.05) is 11.9 Å². The molecule has 31 heavy (non-hydrogen) atoms. The average Bonchev–Trinajstić information content (AvgIpc) is 2.78. The van der Waals surface area contributed by atoms with Crippen molar-refractivity contribution in [1.82, 2.24) is 0 Å². The van der Waals surface area contributed by atoms with Gasteiger partial charge in [0.1, 0.15) is 11.3 Å². The zero-order chi connectivity index (χ0) is 21.8. The molecule has 0 saturated heterocycles. The first-order valence-corrected chi connectivity index (χ1v) is 10.3. The monoisotopic (exact) mass is 433 g/mol. The van der Waals surface area contributed by atoms with Crippen LogP contribution in [-0.4, -0.2) is 12.5 Å². The van der Waals surface area contributed by atoms with Crippen LogP contribution in [0.2, 0.25) is 5.02 Å². The maximum Gasteiger partial charge on any atom is 0.344 e. The molecule has 0 aliphatic heterocycles. The van der Waals surface area contributed by atoms with Gasteiger partial charge in [-0.25, -0.2) is 4.79 Å². The van der Waals surface area contributed by atoms with Crippen LogP contribution in [0.25, 0.3) is 22.1 Å². The predicted molar refractivity (Wildman–Crippen MR) is 123 cm³/mol. The molecule has 6 heteroatoms. The molecule has 3 aromatic carbocycles. The number of hydrogen-bond donors (Lipinski definition) is 1. The Labute approximate surface area is 184 Å². The predicted octanol–water partition coefficient (Wildman–Crippen LogP) is 6.15. The highest BCUT2D eigenvalue weighted by Gasteiger charge is 2.13. The summed E-state index contributed by atoms with van der Waals surface area (Å²) in [5, 5.41) is 3.96. The summed E-state index contributed by atoms with van der Waals surface area (Å²) in [6.07, 6.45) is 0.917. The second-order valence-electron chi connectivity index (χ2n) is 7.01. The number of ether oxygens (including phenoxy) is 1. The normalized spacial score (nSPS) is 10.8. The summed E-state index contributed by atoms with van der Waals surface area (Å²) in [6, 6.07) is 21.0. The van der Waals surface area contributed by atoms with Crippen LogP contribution in [0, 0.1) is 0 Å². The van der Waals surface area contributed by atoms with E-state index in [1.54, 1.807) is 60.7 Å². The maximum atomic E-state index is 12.5. The Morgan fingerprint density at radius 1 is 1.00 bits per heavy atom. The third-order valence-corrected chi connectivity index (χ3v) is 5.06. The molecule has 0 fully saturated rings. The number of carbonyl (C=O) groups is 1. The molecule has 1 heterocycles. The van der Waals surface area contributed by atoms with Crippen LogP contribution in [0.15, 0.2) is 82.0 Å². The van der Waals surface area contributed by atoms with Crippen LogP contribution in [0.4, 0.5) is 5.69 Å². The quantitative estimate of drug-likeness (QED) is 0.370. The summed E-state index contributed by atoms with van der Waals surface area (Å²) in [7, 11) is 0. The topological polar surface area (TPSA) is 68.5 Å². The van der Waals surface area contributed by atoms with Gasteiger partial charge in [-0.05, 0) is 55.0 Å². The Hall–Kier alpha value is -3.57. The number of hydrogen-bond acceptors (Lipinski definition) is 4. The molecule has 0 saturated carbocycles. The van der Waals surface area contributed by atoms with Crippen molar-refractivity contribution in [1.29, 1.82) is 0 Å². The van der Waals surface area contributed by atoms with E-state index in [1.165, 1.54) is 0 Å². The average molecular weight is 434 g/mol. The van der Waals surface area contributed by atoms with Gasteiger partial charge in [0.25, 0.3) is 5.91 Å². The van der Waals surface area contributed by atoms with Gasteiger partial charge in [0.15, 0.2) is 0 Å². The Morgan fingerprint density at radius 2 is 1.77 bits per heavy atom. The van der Waals surface area contributed by atoms with Crippen LogP contribution < -0.4 is 15.7 Å². The highest BCUT2D eigenvalue weighted by Crippen LogP contribution is 2.30. The highest BCUT2D eigenvalue weighted by atomic mass is 35.5. The molecule has 0 bridgehead atoms. The van der Waals surface area contributed by atoms with E-state index >= 15 is 0 Å². The third kappa shape index (κ3) is 4.62. The Kier molecular flexibility index (Phi) is 6.05. The lowest BCUT2D eigenvalue weighted by atomic mass is 10.1. The molecule has 0 atom stereocenters. The summed E-state index contributed by atoms with van der Waals surface area (Å²) < 4.78 is 10.9. The summed E-state index contributed by atoms with van der Waals surface area (Å²) in [5.74, 6) is 0.455. The van der Waals surface area contributed by atoms with E-state index in [0.717, 1.165) is 17.6 Å². The molecule has 4 rings (SSSR count). The summed E-state index contributed by atoms with van der Waals surface area (Å²) in [4.78, 5) is 25.0. The molecular weight excluding hydrogens is 414 g/mol. The minimum absolute atomic E-state index is 0.268. The summed E-state index contributed by atoms with van der Waals surface area (Å²) in [5.41, 5.74) is 1.97. The van der Waals surface area contributed by atoms with Crippen molar-refractivity contribution in [3.63, 3.8) is 0 Å². The minimum Gasteiger partial charge on any atom is -0.494 e. The molecular formula is C25H20ClNO4. The van der Waals surface area contributed by atoms with E-state index in [1.807, 2.05) is 19.1 Å². The SMILES string of the molecule is CCCOc1ccc(C(=O)Nc2ccc(-c3cc4ccccc4oc3=O)c(Cl)c2)cc1. The van der Waals surface area contributed by atoms with E-state index < -0.39 is 5.63 Å². The number of carbonyl (C=O) groups excluding carboxylic acids is 1. The van der Waals surface area contributed by atoms with Gasteiger partial charge in [-0.1, -0.05) is 42.8 Å². The lowest BCUT2D eigenvalue weighted by Crippen LogP contribution is -2.12. The molecule has 5 nitrogen and oxygen atoms in total. The molecule has 0 aliphatic rings. The smallest absolute Gasteiger partial charge is 0.344 e. The van der Waals surface area contributed by atoms with Gasteiger partial charge in [-0.3, -0.25) is 4.79 Å². The Bertz CT molecular complexity index is 1300. The van der Waals surface area contributed by atoms with Crippen molar-refractivity contribution in [2.24, 2.45) is 0 Å². The largest absolute Gasteiger partial charge is 0.494 e. The fraction of sp³-hybridized carbons (Fsp3) is 0.120. The number of rotatable bonds is 6. The fourth-order valence-corrected chi connectivity index (χ4v) is 3.47. The van der Waals surface area contributed by atoms with Gasteiger partial charge in [0, 0.05) is 22.2 Å². The van der Waals surface area contributed by atoms with Crippen molar-refractivity contribution in [3.8, 4) is 16.9 Å². The van der Waals surface area contributed by atoms with Crippen LogP contribution in [0.3, 0.4) is 0 Å². The number of benzene rings is 3. The molecule has 4 aromatic rings. The van der Waals surface area contributed by atoms with Gasteiger partial charge < -0.3 is 14.5 Å². The second kappa shape index (κ2) is 9.06. The Morgan fingerprint density at radius 3 is 2.52 bits per heavy atom. The minimum atomic E-state index is -0.470. The van der Waals surface area contributed by atoms with Gasteiger partial charge >= 0.3 is 5.63 Å². The zero-order valence-electron chi connectivity index (χ0n) is 16.9. The maximum absolute atomic E-state index is 12.5. The van der Waals surface area contributed by atoms with Crippen molar-refractivity contribution in [3.05, 3.63) is 93.8 Å². The second-order valence-corrected chi connectivity index (χ2v) is 7.41. The van der Waals surface area contributed by atoms with Gasteiger partial charge in [-0.2, -0.15) is 0 Å². The first-order chi connectivity index (χ1) is 15.0. The highest BCUT2D eigenvalue weighted by molar-refractivity contribution is 6.33. The van der Waals surface area contributed by atoms with Crippen molar-refractivity contribution < 1.29 is 13.9 Å². The molecule has 0 spiro atoms. The molecule has 0 radical (unpaired) electrons. The molecule has 1 aromatic heterocycles. The molecule has 0 unspecified atom stereocenters. The number of nitrogens with one attached hydrogen (secondary N) is 1. The molecule has 0 aliphatic carbocycles. The number of anilines is 1. The van der Waals surface area contributed by atoms with E-state index in [4.69, 9.17) is 20.8 Å². The number of fused-ring (bicyclic) bond motifs is 1. The van der Waals surface area contributed by atoms with Gasteiger partial charge in [-0.15, -0.1) is 0 Å². The Balaban J connectivity index is 1.54. The summed E-state index contributed by atoms with van der Waals surface area (Å²) >= 11 is 6.44. The van der Waals surface area contributed by atoms with Crippen LogP contribution in [0.1, 0.15) is 23.7 Å². The van der Waals surface area contributed by atoms with Crippen LogP contribution >= 0.6 is 11.6 Å². The first kappa shape index (κ1) is 20.7. The van der Waals surface area contributed by atoms with Crippen molar-refractivity contribution >= 4 is 34.2 Å². The van der Waals surface area contributed by atoms with Gasteiger partial charge in [0.2, 0.25) is 0 Å².